The summed E-state index contributed by atoms with van der Waals surface area (Å²) in [4.78, 5) is 35.8. The van der Waals surface area contributed by atoms with E-state index in [1.807, 2.05) is 0 Å². The molecule has 0 heterocycles. The number of methoxy groups -OCH3 is 1. The Morgan fingerprint density at radius 3 is 2.58 bits per heavy atom. The molecule has 1 N–H and O–H groups in total. The number of ketones is 1. The third kappa shape index (κ3) is 5.93. The summed E-state index contributed by atoms with van der Waals surface area (Å²) >= 11 is 1.22. The third-order valence-corrected chi connectivity index (χ3v) is 4.30. The zero-order chi connectivity index (χ0) is 18.9. The van der Waals surface area contributed by atoms with Gasteiger partial charge in [0.2, 0.25) is 5.91 Å². The fourth-order valence-electron chi connectivity index (χ4n) is 2.05. The van der Waals surface area contributed by atoms with Crippen molar-refractivity contribution < 1.29 is 23.9 Å². The SMILES string of the molecule is COc1cccc(NC(=O)CSc2ccccc2C(=O)OCC(C)=O)c1. The smallest absolute Gasteiger partial charge is 0.339 e. The minimum absolute atomic E-state index is 0.119. The molecule has 0 unspecified atom stereocenters. The van der Waals surface area contributed by atoms with Gasteiger partial charge < -0.3 is 14.8 Å². The zero-order valence-corrected chi connectivity index (χ0v) is 15.3. The maximum Gasteiger partial charge on any atom is 0.339 e. The summed E-state index contributed by atoms with van der Waals surface area (Å²) in [6, 6.07) is 13.8. The molecule has 0 saturated carbocycles. The highest BCUT2D eigenvalue weighted by molar-refractivity contribution is 8.00. The van der Waals surface area contributed by atoms with Crippen LogP contribution in [0.5, 0.6) is 5.75 Å². The highest BCUT2D eigenvalue weighted by Gasteiger charge is 2.14. The number of hydrogen-bond donors (Lipinski definition) is 1. The minimum Gasteiger partial charge on any atom is -0.497 e. The van der Waals surface area contributed by atoms with Crippen molar-refractivity contribution in [2.24, 2.45) is 0 Å². The Hall–Kier alpha value is -2.80. The van der Waals surface area contributed by atoms with Crippen LogP contribution in [0.15, 0.2) is 53.4 Å². The van der Waals surface area contributed by atoms with Gasteiger partial charge >= 0.3 is 5.97 Å². The van der Waals surface area contributed by atoms with Crippen LogP contribution in [-0.2, 0) is 14.3 Å². The lowest BCUT2D eigenvalue weighted by molar-refractivity contribution is -0.120. The first-order chi connectivity index (χ1) is 12.5. The second-order valence-corrected chi connectivity index (χ2v) is 6.36. The molecule has 0 aliphatic carbocycles. The summed E-state index contributed by atoms with van der Waals surface area (Å²) in [5.74, 6) is -0.268. The Balaban J connectivity index is 1.97. The largest absolute Gasteiger partial charge is 0.497 e. The number of carbonyl (C=O) groups excluding carboxylic acids is 3. The quantitative estimate of drug-likeness (QED) is 0.565. The maximum atomic E-state index is 12.1. The van der Waals surface area contributed by atoms with Crippen molar-refractivity contribution >= 4 is 35.1 Å². The molecule has 6 nitrogen and oxygen atoms in total. The average molecular weight is 373 g/mol. The van der Waals surface area contributed by atoms with E-state index in [9.17, 15) is 14.4 Å². The number of hydrogen-bond acceptors (Lipinski definition) is 6. The molecule has 0 aromatic heterocycles. The van der Waals surface area contributed by atoms with Crippen LogP contribution in [0.2, 0.25) is 0 Å². The van der Waals surface area contributed by atoms with Gasteiger partial charge in [-0.1, -0.05) is 18.2 Å². The predicted octanol–water partition coefficient (Wildman–Crippen LogP) is 3.17. The summed E-state index contributed by atoms with van der Waals surface area (Å²) in [7, 11) is 1.55. The Kier molecular flexibility index (Phi) is 7.23. The summed E-state index contributed by atoms with van der Waals surface area (Å²) in [6.07, 6.45) is 0. The molecule has 136 valence electrons. The number of amides is 1. The number of ether oxygens (including phenoxy) is 2. The normalized spacial score (nSPS) is 10.1. The lowest BCUT2D eigenvalue weighted by atomic mass is 10.2. The van der Waals surface area contributed by atoms with Gasteiger partial charge in [-0.05, 0) is 31.2 Å². The molecule has 0 radical (unpaired) electrons. The third-order valence-electron chi connectivity index (χ3n) is 3.23. The van der Waals surface area contributed by atoms with Gasteiger partial charge in [0, 0.05) is 16.6 Å². The molecule has 2 aromatic carbocycles. The number of nitrogens with one attached hydrogen (secondary N) is 1. The lowest BCUT2D eigenvalue weighted by Gasteiger charge is -2.09. The first-order valence-electron chi connectivity index (χ1n) is 7.82. The second-order valence-electron chi connectivity index (χ2n) is 5.34. The predicted molar refractivity (Wildman–Crippen MR) is 99.8 cm³/mol. The molecule has 0 aliphatic heterocycles. The number of thioether (sulfide) groups is 1. The summed E-state index contributed by atoms with van der Waals surface area (Å²) < 4.78 is 10.1. The molecule has 1 amide bonds. The molecular formula is C19H19NO5S. The topological polar surface area (TPSA) is 81.7 Å². The number of esters is 1. The van der Waals surface area contributed by atoms with E-state index in [0.29, 0.717) is 21.9 Å². The second kappa shape index (κ2) is 9.62. The van der Waals surface area contributed by atoms with Crippen molar-refractivity contribution in [1.29, 1.82) is 0 Å². The van der Waals surface area contributed by atoms with E-state index in [0.717, 1.165) is 0 Å². The van der Waals surface area contributed by atoms with Gasteiger partial charge in [0.05, 0.1) is 18.4 Å². The highest BCUT2D eigenvalue weighted by Crippen LogP contribution is 2.24. The van der Waals surface area contributed by atoms with Crippen molar-refractivity contribution in [3.05, 3.63) is 54.1 Å². The number of benzene rings is 2. The number of carbonyl (C=O) groups is 3. The van der Waals surface area contributed by atoms with Crippen molar-refractivity contribution in [3.63, 3.8) is 0 Å². The first kappa shape index (κ1) is 19.5. The van der Waals surface area contributed by atoms with Crippen molar-refractivity contribution in [2.75, 3.05) is 24.8 Å². The maximum absolute atomic E-state index is 12.1. The van der Waals surface area contributed by atoms with E-state index in [4.69, 9.17) is 9.47 Å². The van der Waals surface area contributed by atoms with E-state index in [1.165, 1.54) is 18.7 Å². The monoisotopic (exact) mass is 373 g/mol. The number of anilines is 1. The Bertz CT molecular complexity index is 806. The molecule has 0 aliphatic rings. The molecule has 0 spiro atoms. The van der Waals surface area contributed by atoms with E-state index in [1.54, 1.807) is 55.6 Å². The molecule has 7 heteroatoms. The fraction of sp³-hybridized carbons (Fsp3) is 0.211. The molecule has 2 rings (SSSR count). The van der Waals surface area contributed by atoms with E-state index in [2.05, 4.69) is 5.32 Å². The molecule has 0 saturated heterocycles. The van der Waals surface area contributed by atoms with Crippen molar-refractivity contribution in [3.8, 4) is 5.75 Å². The van der Waals surface area contributed by atoms with Crippen LogP contribution >= 0.6 is 11.8 Å². The molecule has 26 heavy (non-hydrogen) atoms. The van der Waals surface area contributed by atoms with Crippen molar-refractivity contribution in [2.45, 2.75) is 11.8 Å². The van der Waals surface area contributed by atoms with Crippen LogP contribution in [0.4, 0.5) is 5.69 Å². The average Bonchev–Trinajstić information content (AvgIpc) is 2.64. The van der Waals surface area contributed by atoms with E-state index in [-0.39, 0.29) is 24.1 Å². The van der Waals surface area contributed by atoms with Crippen LogP contribution in [0.3, 0.4) is 0 Å². The summed E-state index contributed by atoms with van der Waals surface area (Å²) in [6.45, 7) is 1.07. The van der Waals surface area contributed by atoms with Gasteiger partial charge in [0.25, 0.3) is 0 Å². The van der Waals surface area contributed by atoms with Gasteiger partial charge in [0.15, 0.2) is 5.78 Å². The number of Topliss-reactive ketones (excluding diaryl/α,β-unsaturated/α-hetero) is 1. The van der Waals surface area contributed by atoms with Crippen LogP contribution in [0.25, 0.3) is 0 Å². The van der Waals surface area contributed by atoms with Gasteiger partial charge in [-0.2, -0.15) is 0 Å². The van der Waals surface area contributed by atoms with Crippen LogP contribution in [0.1, 0.15) is 17.3 Å². The minimum atomic E-state index is -0.587. The first-order valence-corrected chi connectivity index (χ1v) is 8.80. The Morgan fingerprint density at radius 1 is 1.08 bits per heavy atom. The molecule has 0 fully saturated rings. The van der Waals surface area contributed by atoms with Crippen LogP contribution < -0.4 is 10.1 Å². The summed E-state index contributed by atoms with van der Waals surface area (Å²) in [5, 5.41) is 2.78. The van der Waals surface area contributed by atoms with Crippen molar-refractivity contribution in [1.82, 2.24) is 0 Å². The van der Waals surface area contributed by atoms with Crippen LogP contribution in [0, 0.1) is 0 Å². The lowest BCUT2D eigenvalue weighted by Crippen LogP contribution is -2.15. The van der Waals surface area contributed by atoms with Gasteiger partial charge in [-0.3, -0.25) is 9.59 Å². The van der Waals surface area contributed by atoms with Crippen LogP contribution in [-0.4, -0.2) is 37.1 Å². The van der Waals surface area contributed by atoms with Gasteiger partial charge in [-0.25, -0.2) is 4.79 Å². The Morgan fingerprint density at radius 2 is 1.85 bits per heavy atom. The number of rotatable bonds is 8. The Labute approximate surface area is 155 Å². The summed E-state index contributed by atoms with van der Waals surface area (Å²) in [5.41, 5.74) is 0.956. The molecule has 0 atom stereocenters. The van der Waals surface area contributed by atoms with E-state index < -0.39 is 5.97 Å². The van der Waals surface area contributed by atoms with E-state index >= 15 is 0 Å². The fourth-order valence-corrected chi connectivity index (χ4v) is 2.89. The van der Waals surface area contributed by atoms with Gasteiger partial charge in [0.1, 0.15) is 12.4 Å². The van der Waals surface area contributed by atoms with Gasteiger partial charge in [-0.15, -0.1) is 11.8 Å². The standard InChI is InChI=1S/C19H19NO5S/c1-13(21)11-25-19(23)16-8-3-4-9-17(16)26-12-18(22)20-14-6-5-7-15(10-14)24-2/h3-10H,11-12H2,1-2H3,(H,20,22). The highest BCUT2D eigenvalue weighted by atomic mass is 32.2. The molecule has 0 bridgehead atoms. The zero-order valence-electron chi connectivity index (χ0n) is 14.5. The molecular weight excluding hydrogens is 354 g/mol. The molecule has 2 aromatic rings.